The molecule has 4 nitrogen and oxygen atoms in total. The zero-order valence-electron chi connectivity index (χ0n) is 11.9. The van der Waals surface area contributed by atoms with Gasteiger partial charge in [0.25, 0.3) is 0 Å². The van der Waals surface area contributed by atoms with Gasteiger partial charge in [0.2, 0.25) is 0 Å². The number of benzene rings is 1. The maximum Gasteiger partial charge on any atom is 0.147 e. The van der Waals surface area contributed by atoms with E-state index in [2.05, 4.69) is 23.5 Å². The van der Waals surface area contributed by atoms with E-state index in [0.717, 1.165) is 29.1 Å². The number of rotatable bonds is 6. The first kappa shape index (κ1) is 14.8. The minimum atomic E-state index is 0.0292. The summed E-state index contributed by atoms with van der Waals surface area (Å²) in [6.45, 7) is 5.23. The minimum Gasteiger partial charge on any atom is -0.396 e. The van der Waals surface area contributed by atoms with Crippen LogP contribution in [0.15, 0.2) is 30.3 Å². The molecule has 2 aromatic rings. The first-order chi connectivity index (χ1) is 9.53. The molecule has 0 saturated heterocycles. The van der Waals surface area contributed by atoms with E-state index in [1.165, 1.54) is 11.5 Å². The van der Waals surface area contributed by atoms with E-state index < -0.39 is 0 Å². The fraction of sp³-hybridized carbons (Fsp3) is 0.400. The molecule has 0 aliphatic carbocycles. The Morgan fingerprint density at radius 2 is 2.00 bits per heavy atom. The van der Waals surface area contributed by atoms with Crippen molar-refractivity contribution in [3.05, 3.63) is 30.3 Å². The van der Waals surface area contributed by atoms with Gasteiger partial charge in [0.15, 0.2) is 0 Å². The Bertz CT molecular complexity index is 552. The molecule has 0 unspecified atom stereocenters. The van der Waals surface area contributed by atoms with Gasteiger partial charge in [0.05, 0.1) is 5.56 Å². The average Bonchev–Trinajstić information content (AvgIpc) is 2.79. The molecular weight excluding hydrogens is 270 g/mol. The lowest BCUT2D eigenvalue weighted by atomic mass is 9.90. The van der Waals surface area contributed by atoms with E-state index in [1.54, 1.807) is 0 Å². The molecule has 0 spiro atoms. The fourth-order valence-corrected chi connectivity index (χ4v) is 2.75. The molecule has 1 heterocycles. The Balaban J connectivity index is 2.18. The molecule has 0 aliphatic heterocycles. The third kappa shape index (κ3) is 3.49. The first-order valence-corrected chi connectivity index (χ1v) is 7.46. The summed E-state index contributed by atoms with van der Waals surface area (Å²) in [7, 11) is 0. The number of anilines is 2. The standard InChI is InChI=1S/C15H21N3OS/c1-15(2,8-9-19)10-17-14-12(13(16)18-20-14)11-6-4-3-5-7-11/h3-7,17,19H,8-10H2,1-2H3,(H2,16,18). The van der Waals surface area contributed by atoms with Crippen LogP contribution in [0.25, 0.3) is 11.1 Å². The number of aliphatic hydroxyl groups excluding tert-OH is 1. The highest BCUT2D eigenvalue weighted by Gasteiger charge is 2.19. The molecule has 5 heteroatoms. The number of aliphatic hydroxyl groups is 1. The minimum absolute atomic E-state index is 0.0292. The van der Waals surface area contributed by atoms with E-state index in [1.807, 2.05) is 30.3 Å². The Hall–Kier alpha value is -1.59. The molecule has 0 saturated carbocycles. The number of hydrogen-bond donors (Lipinski definition) is 3. The van der Waals surface area contributed by atoms with E-state index in [0.29, 0.717) is 5.82 Å². The molecule has 20 heavy (non-hydrogen) atoms. The fourth-order valence-electron chi connectivity index (χ4n) is 2.02. The number of nitrogen functional groups attached to an aromatic ring is 1. The summed E-state index contributed by atoms with van der Waals surface area (Å²) in [6.07, 6.45) is 0.759. The highest BCUT2D eigenvalue weighted by Crippen LogP contribution is 2.37. The summed E-state index contributed by atoms with van der Waals surface area (Å²) in [5, 5.41) is 13.5. The molecule has 2 rings (SSSR count). The van der Waals surface area contributed by atoms with Crippen LogP contribution in [0.3, 0.4) is 0 Å². The summed E-state index contributed by atoms with van der Waals surface area (Å²) < 4.78 is 4.25. The highest BCUT2D eigenvalue weighted by molar-refractivity contribution is 7.11. The van der Waals surface area contributed by atoms with Crippen LogP contribution in [0.1, 0.15) is 20.3 Å². The molecule has 1 aromatic heterocycles. The van der Waals surface area contributed by atoms with Crippen molar-refractivity contribution in [2.24, 2.45) is 5.41 Å². The van der Waals surface area contributed by atoms with Gasteiger partial charge >= 0.3 is 0 Å². The predicted octanol–water partition coefficient (Wildman–Crippen LogP) is 3.21. The van der Waals surface area contributed by atoms with Gasteiger partial charge in [0.1, 0.15) is 10.8 Å². The molecule has 0 aliphatic rings. The highest BCUT2D eigenvalue weighted by atomic mass is 32.1. The van der Waals surface area contributed by atoms with Gasteiger partial charge in [-0.15, -0.1) is 0 Å². The van der Waals surface area contributed by atoms with Crippen molar-refractivity contribution in [3.8, 4) is 11.1 Å². The maximum absolute atomic E-state index is 9.08. The van der Waals surface area contributed by atoms with Crippen LogP contribution in [-0.2, 0) is 0 Å². The lowest BCUT2D eigenvalue weighted by molar-refractivity contribution is 0.220. The number of hydrogen-bond acceptors (Lipinski definition) is 5. The molecule has 0 fully saturated rings. The van der Waals surface area contributed by atoms with Crippen LogP contribution < -0.4 is 11.1 Å². The van der Waals surface area contributed by atoms with Crippen molar-refractivity contribution in [1.29, 1.82) is 0 Å². The van der Waals surface area contributed by atoms with Crippen molar-refractivity contribution in [3.63, 3.8) is 0 Å². The molecular formula is C15H21N3OS. The molecule has 108 valence electrons. The van der Waals surface area contributed by atoms with Crippen LogP contribution >= 0.6 is 11.5 Å². The average molecular weight is 291 g/mol. The number of nitrogens with two attached hydrogens (primary N) is 1. The summed E-state index contributed by atoms with van der Waals surface area (Å²) in [4.78, 5) is 0. The van der Waals surface area contributed by atoms with Crippen molar-refractivity contribution in [2.45, 2.75) is 20.3 Å². The van der Waals surface area contributed by atoms with Crippen LogP contribution in [0.2, 0.25) is 0 Å². The molecule has 0 bridgehead atoms. The van der Waals surface area contributed by atoms with Crippen molar-refractivity contribution in [1.82, 2.24) is 4.37 Å². The van der Waals surface area contributed by atoms with Crippen LogP contribution in [-0.4, -0.2) is 22.6 Å². The van der Waals surface area contributed by atoms with Crippen LogP contribution in [0, 0.1) is 5.41 Å². The first-order valence-electron chi connectivity index (χ1n) is 6.69. The lowest BCUT2D eigenvalue weighted by Crippen LogP contribution is -2.24. The van der Waals surface area contributed by atoms with Gasteiger partial charge < -0.3 is 16.2 Å². The molecule has 4 N–H and O–H groups in total. The summed E-state index contributed by atoms with van der Waals surface area (Å²) in [5.74, 6) is 0.559. The number of aromatic nitrogens is 1. The smallest absolute Gasteiger partial charge is 0.147 e. The monoisotopic (exact) mass is 291 g/mol. The van der Waals surface area contributed by atoms with Crippen molar-refractivity contribution >= 4 is 22.4 Å². The van der Waals surface area contributed by atoms with Crippen LogP contribution in [0.4, 0.5) is 10.8 Å². The quantitative estimate of drug-likeness (QED) is 0.764. The Kier molecular flexibility index (Phi) is 4.62. The number of nitrogens with one attached hydrogen (secondary N) is 1. The molecule has 0 atom stereocenters. The van der Waals surface area contributed by atoms with Gasteiger partial charge in [-0.1, -0.05) is 44.2 Å². The number of nitrogens with zero attached hydrogens (tertiary/aromatic N) is 1. The van der Waals surface area contributed by atoms with Crippen LogP contribution in [0.5, 0.6) is 0 Å². The molecule has 1 aromatic carbocycles. The van der Waals surface area contributed by atoms with Gasteiger partial charge in [-0.2, -0.15) is 4.37 Å². The van der Waals surface area contributed by atoms with E-state index >= 15 is 0 Å². The Morgan fingerprint density at radius 1 is 1.30 bits per heavy atom. The van der Waals surface area contributed by atoms with E-state index in [4.69, 9.17) is 10.8 Å². The predicted molar refractivity (Wildman–Crippen MR) is 85.9 cm³/mol. The molecule has 0 amide bonds. The van der Waals surface area contributed by atoms with Gasteiger partial charge in [0, 0.05) is 13.2 Å². The maximum atomic E-state index is 9.08. The zero-order chi connectivity index (χ0) is 14.6. The van der Waals surface area contributed by atoms with Gasteiger partial charge in [-0.3, -0.25) is 0 Å². The third-order valence-electron chi connectivity index (χ3n) is 3.30. The van der Waals surface area contributed by atoms with E-state index in [-0.39, 0.29) is 12.0 Å². The normalized spacial score (nSPS) is 11.6. The van der Waals surface area contributed by atoms with Crippen molar-refractivity contribution in [2.75, 3.05) is 24.2 Å². The summed E-state index contributed by atoms with van der Waals surface area (Å²) >= 11 is 1.38. The zero-order valence-corrected chi connectivity index (χ0v) is 12.7. The summed E-state index contributed by atoms with van der Waals surface area (Å²) in [6, 6.07) is 10.0. The van der Waals surface area contributed by atoms with Gasteiger partial charge in [-0.25, -0.2) is 0 Å². The Morgan fingerprint density at radius 3 is 2.65 bits per heavy atom. The largest absolute Gasteiger partial charge is 0.396 e. The second-order valence-electron chi connectivity index (χ2n) is 5.63. The van der Waals surface area contributed by atoms with Gasteiger partial charge in [-0.05, 0) is 28.9 Å². The second kappa shape index (κ2) is 6.24. The third-order valence-corrected chi connectivity index (χ3v) is 4.12. The molecule has 0 radical (unpaired) electrons. The second-order valence-corrected chi connectivity index (χ2v) is 6.40. The van der Waals surface area contributed by atoms with E-state index in [9.17, 15) is 0 Å². The lowest BCUT2D eigenvalue weighted by Gasteiger charge is -2.24. The van der Waals surface area contributed by atoms with Crippen molar-refractivity contribution < 1.29 is 5.11 Å². The topological polar surface area (TPSA) is 71.2 Å². The Labute approximate surface area is 123 Å². The SMILES string of the molecule is CC(C)(CCO)CNc1snc(N)c1-c1ccccc1. The summed E-state index contributed by atoms with van der Waals surface area (Å²) in [5.41, 5.74) is 8.06.